The number of hydrogen-bond acceptors (Lipinski definition) is 5. The van der Waals surface area contributed by atoms with Crippen LogP contribution in [0.25, 0.3) is 0 Å². The van der Waals surface area contributed by atoms with E-state index in [0.29, 0.717) is 24.7 Å². The summed E-state index contributed by atoms with van der Waals surface area (Å²) < 4.78 is 10.9. The zero-order chi connectivity index (χ0) is 14.4. The molecule has 20 heavy (non-hydrogen) atoms. The summed E-state index contributed by atoms with van der Waals surface area (Å²) in [6, 6.07) is 3.23. The molecule has 108 valence electrons. The lowest BCUT2D eigenvalue weighted by molar-refractivity contribution is -0.117. The smallest absolute Gasteiger partial charge is 0.253 e. The Balaban J connectivity index is 1.88. The van der Waals surface area contributed by atoms with Crippen LogP contribution in [0.4, 0.5) is 0 Å². The number of nitrogens with two attached hydrogens (primary N) is 1. The molecule has 1 saturated heterocycles. The molecule has 0 atom stereocenters. The molecule has 0 spiro atoms. The Bertz CT molecular complexity index is 469. The van der Waals surface area contributed by atoms with Gasteiger partial charge in [-0.25, -0.2) is 4.98 Å². The largest absolute Gasteiger partial charge is 0.474 e. The third-order valence-corrected chi connectivity index (χ3v) is 2.88. The summed E-state index contributed by atoms with van der Waals surface area (Å²) in [4.78, 5) is 26.3. The first kappa shape index (κ1) is 14.3. The molecule has 7 nitrogen and oxygen atoms in total. The van der Waals surface area contributed by atoms with Crippen molar-refractivity contribution in [3.63, 3.8) is 0 Å². The van der Waals surface area contributed by atoms with E-state index < -0.39 is 11.8 Å². The quantitative estimate of drug-likeness (QED) is 0.780. The minimum absolute atomic E-state index is 0.103. The minimum Gasteiger partial charge on any atom is -0.474 e. The zero-order valence-corrected chi connectivity index (χ0v) is 11.0. The van der Waals surface area contributed by atoms with Crippen LogP contribution in [-0.4, -0.2) is 42.7 Å². The summed E-state index contributed by atoms with van der Waals surface area (Å²) >= 11 is 0. The average molecular weight is 279 g/mol. The molecule has 2 amide bonds. The van der Waals surface area contributed by atoms with Gasteiger partial charge >= 0.3 is 0 Å². The van der Waals surface area contributed by atoms with Gasteiger partial charge in [0.05, 0.1) is 25.3 Å². The molecule has 1 aromatic heterocycles. The molecule has 0 radical (unpaired) electrons. The van der Waals surface area contributed by atoms with Gasteiger partial charge in [0.25, 0.3) is 5.91 Å². The van der Waals surface area contributed by atoms with E-state index in [4.69, 9.17) is 15.2 Å². The number of primary amides is 1. The molecule has 1 aliphatic rings. The highest BCUT2D eigenvalue weighted by molar-refractivity contribution is 5.96. The van der Waals surface area contributed by atoms with E-state index in [1.165, 1.54) is 6.20 Å². The standard InChI is InChI=1S/C13H17N3O4/c14-11(17)8-16-13(18)9-1-2-12(15-7-9)20-10-3-5-19-6-4-10/h1-2,7,10H,3-6,8H2,(H2,14,17)(H,16,18). The van der Waals surface area contributed by atoms with Gasteiger partial charge in [0.15, 0.2) is 0 Å². The normalized spacial score (nSPS) is 15.6. The van der Waals surface area contributed by atoms with Crippen LogP contribution < -0.4 is 15.8 Å². The summed E-state index contributed by atoms with van der Waals surface area (Å²) in [5, 5.41) is 2.39. The Labute approximate surface area is 116 Å². The first-order chi connectivity index (χ1) is 9.65. The van der Waals surface area contributed by atoms with Crippen molar-refractivity contribution in [1.82, 2.24) is 10.3 Å². The molecule has 2 rings (SSSR count). The molecule has 1 fully saturated rings. The molecule has 3 N–H and O–H groups in total. The van der Waals surface area contributed by atoms with Crippen LogP contribution >= 0.6 is 0 Å². The maximum atomic E-state index is 11.6. The van der Waals surface area contributed by atoms with Gasteiger partial charge in [0.1, 0.15) is 6.10 Å². The number of nitrogens with zero attached hydrogens (tertiary/aromatic N) is 1. The van der Waals surface area contributed by atoms with E-state index in [-0.39, 0.29) is 12.6 Å². The highest BCUT2D eigenvalue weighted by atomic mass is 16.5. The van der Waals surface area contributed by atoms with Crippen molar-refractivity contribution in [3.8, 4) is 5.88 Å². The van der Waals surface area contributed by atoms with Crippen LogP contribution in [0.2, 0.25) is 0 Å². The highest BCUT2D eigenvalue weighted by Gasteiger charge is 2.16. The van der Waals surface area contributed by atoms with Gasteiger partial charge in [0, 0.05) is 25.1 Å². The molecule has 0 bridgehead atoms. The van der Waals surface area contributed by atoms with E-state index >= 15 is 0 Å². The Kier molecular flexibility index (Phi) is 4.89. The molecule has 0 aliphatic carbocycles. The second-order valence-corrected chi connectivity index (χ2v) is 4.46. The SMILES string of the molecule is NC(=O)CNC(=O)c1ccc(OC2CCOCC2)nc1. The lowest BCUT2D eigenvalue weighted by Crippen LogP contribution is -2.33. The fourth-order valence-corrected chi connectivity index (χ4v) is 1.82. The third kappa shape index (κ3) is 4.20. The summed E-state index contributed by atoms with van der Waals surface area (Å²) in [5.41, 5.74) is 5.30. The number of rotatable bonds is 5. The van der Waals surface area contributed by atoms with Crippen LogP contribution in [0.5, 0.6) is 5.88 Å². The summed E-state index contributed by atoms with van der Waals surface area (Å²) in [6.07, 6.45) is 3.18. The fourth-order valence-electron chi connectivity index (χ4n) is 1.82. The van der Waals surface area contributed by atoms with E-state index in [1.54, 1.807) is 12.1 Å². The molecule has 7 heteroatoms. The molecule has 0 aromatic carbocycles. The number of ether oxygens (including phenoxy) is 2. The van der Waals surface area contributed by atoms with Gasteiger partial charge < -0.3 is 20.5 Å². The molecular formula is C13H17N3O4. The summed E-state index contributed by atoms with van der Waals surface area (Å²) in [5.74, 6) is -0.511. The first-order valence-electron chi connectivity index (χ1n) is 6.42. The van der Waals surface area contributed by atoms with Gasteiger partial charge in [-0.15, -0.1) is 0 Å². The summed E-state index contributed by atoms with van der Waals surface area (Å²) in [6.45, 7) is 1.19. The van der Waals surface area contributed by atoms with Crippen LogP contribution in [0.15, 0.2) is 18.3 Å². The average Bonchev–Trinajstić information content (AvgIpc) is 2.46. The van der Waals surface area contributed by atoms with Crippen molar-refractivity contribution in [3.05, 3.63) is 23.9 Å². The Morgan fingerprint density at radius 1 is 1.40 bits per heavy atom. The Morgan fingerprint density at radius 2 is 2.15 bits per heavy atom. The molecule has 1 aromatic rings. The van der Waals surface area contributed by atoms with Crippen LogP contribution in [0, 0.1) is 0 Å². The predicted molar refractivity (Wildman–Crippen MR) is 70.2 cm³/mol. The Hall–Kier alpha value is -2.15. The van der Waals surface area contributed by atoms with Gasteiger partial charge in [-0.05, 0) is 6.07 Å². The van der Waals surface area contributed by atoms with Crippen LogP contribution in [0.3, 0.4) is 0 Å². The molecule has 0 saturated carbocycles. The third-order valence-electron chi connectivity index (χ3n) is 2.88. The number of carbonyl (C=O) groups excluding carboxylic acids is 2. The summed E-state index contributed by atoms with van der Waals surface area (Å²) in [7, 11) is 0. The van der Waals surface area contributed by atoms with E-state index in [2.05, 4.69) is 10.3 Å². The lowest BCUT2D eigenvalue weighted by Gasteiger charge is -2.22. The Morgan fingerprint density at radius 3 is 2.75 bits per heavy atom. The first-order valence-corrected chi connectivity index (χ1v) is 6.42. The van der Waals surface area contributed by atoms with E-state index in [1.807, 2.05) is 0 Å². The maximum Gasteiger partial charge on any atom is 0.253 e. The number of pyridine rings is 1. The molecule has 1 aliphatic heterocycles. The van der Waals surface area contributed by atoms with Crippen molar-refractivity contribution in [1.29, 1.82) is 0 Å². The highest BCUT2D eigenvalue weighted by Crippen LogP contribution is 2.15. The second-order valence-electron chi connectivity index (χ2n) is 4.46. The van der Waals surface area contributed by atoms with E-state index in [9.17, 15) is 9.59 Å². The van der Waals surface area contributed by atoms with Gasteiger partial charge in [-0.2, -0.15) is 0 Å². The monoisotopic (exact) mass is 279 g/mol. The number of hydrogen-bond donors (Lipinski definition) is 2. The number of nitrogens with one attached hydrogen (secondary N) is 1. The van der Waals surface area contributed by atoms with Crippen molar-refractivity contribution in [2.45, 2.75) is 18.9 Å². The molecule has 2 heterocycles. The molecular weight excluding hydrogens is 262 g/mol. The van der Waals surface area contributed by atoms with Gasteiger partial charge in [0.2, 0.25) is 11.8 Å². The topological polar surface area (TPSA) is 104 Å². The van der Waals surface area contributed by atoms with Crippen molar-refractivity contribution < 1.29 is 19.1 Å². The van der Waals surface area contributed by atoms with Crippen molar-refractivity contribution in [2.75, 3.05) is 19.8 Å². The molecule has 0 unspecified atom stereocenters. The number of carbonyl (C=O) groups is 2. The van der Waals surface area contributed by atoms with E-state index in [0.717, 1.165) is 12.8 Å². The number of aromatic nitrogens is 1. The zero-order valence-electron chi connectivity index (χ0n) is 11.0. The van der Waals surface area contributed by atoms with Gasteiger partial charge in [-0.1, -0.05) is 0 Å². The minimum atomic E-state index is -0.592. The van der Waals surface area contributed by atoms with Crippen molar-refractivity contribution >= 4 is 11.8 Å². The van der Waals surface area contributed by atoms with Crippen LogP contribution in [-0.2, 0) is 9.53 Å². The fraction of sp³-hybridized carbons (Fsp3) is 0.462. The van der Waals surface area contributed by atoms with Crippen molar-refractivity contribution in [2.24, 2.45) is 5.73 Å². The van der Waals surface area contributed by atoms with Gasteiger partial charge in [-0.3, -0.25) is 9.59 Å². The number of amides is 2. The maximum absolute atomic E-state index is 11.6. The van der Waals surface area contributed by atoms with Crippen LogP contribution in [0.1, 0.15) is 23.2 Å². The predicted octanol–water partition coefficient (Wildman–Crippen LogP) is -0.146. The second kappa shape index (κ2) is 6.85. The lowest BCUT2D eigenvalue weighted by atomic mass is 10.1.